The maximum absolute atomic E-state index is 13.0. The fourth-order valence-corrected chi connectivity index (χ4v) is 3.23. The topological polar surface area (TPSA) is 77.7 Å². The van der Waals surface area contributed by atoms with Gasteiger partial charge in [-0.25, -0.2) is 4.79 Å². The lowest BCUT2D eigenvalue weighted by atomic mass is 10.2. The summed E-state index contributed by atoms with van der Waals surface area (Å²) in [4.78, 5) is 31.3. The number of hydrogen-bond acceptors (Lipinski definition) is 6. The quantitative estimate of drug-likeness (QED) is 0.516. The Hall–Kier alpha value is -3.60. The fraction of sp³-hybridized carbons (Fsp3) is 0.238. The van der Waals surface area contributed by atoms with E-state index in [0.29, 0.717) is 10.6 Å². The molecule has 1 aromatic heterocycles. The van der Waals surface area contributed by atoms with E-state index in [2.05, 4.69) is 10.1 Å². The number of hydroxylamine groups is 1. The summed E-state index contributed by atoms with van der Waals surface area (Å²) in [7, 11) is 4.30. The maximum Gasteiger partial charge on any atom is 0.573 e. The van der Waals surface area contributed by atoms with Crippen molar-refractivity contribution in [1.29, 1.82) is 0 Å². The molecular weight excluding hydrogens is 465 g/mol. The van der Waals surface area contributed by atoms with Crippen LogP contribution in [0.5, 0.6) is 11.5 Å². The number of nitrogens with one attached hydrogen (secondary N) is 1. The van der Waals surface area contributed by atoms with E-state index in [1.807, 2.05) is 0 Å². The molecule has 0 amide bonds. The van der Waals surface area contributed by atoms with E-state index in [0.717, 1.165) is 16.7 Å². The van der Waals surface area contributed by atoms with Crippen LogP contribution < -0.4 is 31.2 Å². The molecule has 0 saturated heterocycles. The van der Waals surface area contributed by atoms with Crippen LogP contribution in [-0.2, 0) is 20.6 Å². The van der Waals surface area contributed by atoms with Crippen LogP contribution in [0.4, 0.5) is 24.7 Å². The number of benzene rings is 2. The molecule has 3 rings (SSSR count). The first-order valence-electron chi connectivity index (χ1n) is 9.53. The molecule has 0 fully saturated rings. The Labute approximate surface area is 191 Å². The van der Waals surface area contributed by atoms with Gasteiger partial charge in [-0.1, -0.05) is 29.8 Å². The van der Waals surface area contributed by atoms with Gasteiger partial charge in [0.1, 0.15) is 11.6 Å². The molecule has 12 heteroatoms. The van der Waals surface area contributed by atoms with Crippen molar-refractivity contribution < 1.29 is 22.7 Å². The highest BCUT2D eigenvalue weighted by molar-refractivity contribution is 6.30. The van der Waals surface area contributed by atoms with Crippen molar-refractivity contribution in [3.05, 3.63) is 80.0 Å². The van der Waals surface area contributed by atoms with Gasteiger partial charge in [-0.2, -0.15) is 5.06 Å². The lowest BCUT2D eigenvalue weighted by molar-refractivity contribution is -0.274. The minimum atomic E-state index is -4.88. The lowest BCUT2D eigenvalue weighted by Gasteiger charge is -2.27. The van der Waals surface area contributed by atoms with Gasteiger partial charge in [0.15, 0.2) is 11.4 Å². The predicted molar refractivity (Wildman–Crippen MR) is 118 cm³/mol. The number of ether oxygens (including phenoxy) is 1. The SMILES string of the molecule is CNc1c(N(Cc2ccc(Cl)cc2)Oc2cccc(OC(F)(F)F)c2)c(=O)n(C)c(=O)n1C. The highest BCUT2D eigenvalue weighted by atomic mass is 35.5. The Balaban J connectivity index is 2.11. The van der Waals surface area contributed by atoms with Crippen molar-refractivity contribution in [2.24, 2.45) is 14.1 Å². The second-order valence-corrected chi connectivity index (χ2v) is 7.37. The first-order chi connectivity index (χ1) is 15.5. The number of rotatable bonds is 7. The van der Waals surface area contributed by atoms with E-state index in [4.69, 9.17) is 16.4 Å². The van der Waals surface area contributed by atoms with Gasteiger partial charge < -0.3 is 14.9 Å². The van der Waals surface area contributed by atoms with E-state index >= 15 is 0 Å². The lowest BCUT2D eigenvalue weighted by Crippen LogP contribution is -2.43. The van der Waals surface area contributed by atoms with Crippen molar-refractivity contribution in [3.8, 4) is 11.5 Å². The Kier molecular flexibility index (Phi) is 6.92. The third-order valence-electron chi connectivity index (χ3n) is 4.62. The molecule has 0 aliphatic heterocycles. The zero-order chi connectivity index (χ0) is 24.3. The van der Waals surface area contributed by atoms with Gasteiger partial charge >= 0.3 is 12.1 Å². The number of anilines is 2. The number of aromatic nitrogens is 2. The summed E-state index contributed by atoms with van der Waals surface area (Å²) < 4.78 is 44.0. The summed E-state index contributed by atoms with van der Waals surface area (Å²) in [6, 6.07) is 11.6. The number of hydrogen-bond donors (Lipinski definition) is 1. The Morgan fingerprint density at radius 2 is 1.67 bits per heavy atom. The van der Waals surface area contributed by atoms with Crippen LogP contribution in [0, 0.1) is 0 Å². The van der Waals surface area contributed by atoms with E-state index < -0.39 is 23.4 Å². The Bertz CT molecular complexity index is 1260. The summed E-state index contributed by atoms with van der Waals surface area (Å²) in [6.07, 6.45) is -4.88. The molecule has 1 heterocycles. The van der Waals surface area contributed by atoms with E-state index in [-0.39, 0.29) is 23.8 Å². The molecule has 0 bridgehead atoms. The first kappa shape index (κ1) is 24.1. The molecule has 0 aliphatic rings. The van der Waals surface area contributed by atoms with Gasteiger partial charge in [-0.05, 0) is 29.8 Å². The molecule has 33 heavy (non-hydrogen) atoms. The van der Waals surface area contributed by atoms with Crippen molar-refractivity contribution in [3.63, 3.8) is 0 Å². The Morgan fingerprint density at radius 1 is 1.03 bits per heavy atom. The van der Waals surface area contributed by atoms with Crippen molar-refractivity contribution in [1.82, 2.24) is 9.13 Å². The maximum atomic E-state index is 13.0. The number of halogens is 4. The molecular formula is C21H20ClF3N4O4. The van der Waals surface area contributed by atoms with Gasteiger partial charge in [0.2, 0.25) is 0 Å². The highest BCUT2D eigenvalue weighted by Gasteiger charge is 2.31. The second-order valence-electron chi connectivity index (χ2n) is 6.93. The third-order valence-corrected chi connectivity index (χ3v) is 4.87. The van der Waals surface area contributed by atoms with Crippen LogP contribution in [0.25, 0.3) is 0 Å². The van der Waals surface area contributed by atoms with Crippen LogP contribution in [-0.4, -0.2) is 22.5 Å². The minimum Gasteiger partial charge on any atom is -0.406 e. The smallest absolute Gasteiger partial charge is 0.406 e. The third kappa shape index (κ3) is 5.61. The zero-order valence-corrected chi connectivity index (χ0v) is 18.6. The molecule has 0 spiro atoms. The van der Waals surface area contributed by atoms with E-state index in [1.165, 1.54) is 42.9 Å². The molecule has 0 radical (unpaired) electrons. The molecule has 176 valence electrons. The monoisotopic (exact) mass is 484 g/mol. The van der Waals surface area contributed by atoms with Crippen molar-refractivity contribution in [2.45, 2.75) is 12.9 Å². The molecule has 0 unspecified atom stereocenters. The van der Waals surface area contributed by atoms with Crippen molar-refractivity contribution in [2.75, 3.05) is 17.4 Å². The van der Waals surface area contributed by atoms with Crippen LogP contribution in [0.15, 0.2) is 58.1 Å². The summed E-state index contributed by atoms with van der Waals surface area (Å²) in [5.41, 5.74) is -0.585. The summed E-state index contributed by atoms with van der Waals surface area (Å²) >= 11 is 5.95. The minimum absolute atomic E-state index is 0.00362. The average molecular weight is 485 g/mol. The second kappa shape index (κ2) is 9.49. The normalized spacial score (nSPS) is 11.2. The highest BCUT2D eigenvalue weighted by Crippen LogP contribution is 2.29. The van der Waals surface area contributed by atoms with E-state index in [9.17, 15) is 22.8 Å². The Morgan fingerprint density at radius 3 is 2.27 bits per heavy atom. The predicted octanol–water partition coefficient (Wildman–Crippen LogP) is 3.68. The van der Waals surface area contributed by atoms with Gasteiger partial charge in [-0.3, -0.25) is 13.9 Å². The molecule has 0 aliphatic carbocycles. The van der Waals surface area contributed by atoms with Crippen LogP contribution >= 0.6 is 11.6 Å². The molecule has 2 aromatic carbocycles. The number of alkyl halides is 3. The molecule has 0 saturated carbocycles. The molecule has 1 N–H and O–H groups in total. The van der Waals surface area contributed by atoms with Gasteiger partial charge in [0, 0.05) is 32.2 Å². The van der Waals surface area contributed by atoms with Gasteiger partial charge in [0.05, 0.1) is 6.54 Å². The molecule has 3 aromatic rings. The summed E-state index contributed by atoms with van der Waals surface area (Å²) in [5.74, 6) is -0.364. The van der Waals surface area contributed by atoms with E-state index in [1.54, 1.807) is 24.3 Å². The summed E-state index contributed by atoms with van der Waals surface area (Å²) in [6.45, 7) is 0.00362. The largest absolute Gasteiger partial charge is 0.573 e. The average Bonchev–Trinajstić information content (AvgIpc) is 2.75. The standard InChI is InChI=1S/C21H20ClF3N4O4/c1-26-18-17(19(30)28(3)20(31)27(18)2)29(12-13-7-9-14(22)10-8-13)33-16-6-4-5-15(11-16)32-21(23,24)25/h4-11,26H,12H2,1-3H3. The fourth-order valence-electron chi connectivity index (χ4n) is 3.11. The number of nitrogens with zero attached hydrogens (tertiary/aromatic N) is 3. The van der Waals surface area contributed by atoms with Gasteiger partial charge in [-0.15, -0.1) is 13.2 Å². The molecule has 0 atom stereocenters. The zero-order valence-electron chi connectivity index (χ0n) is 17.8. The van der Waals surface area contributed by atoms with Crippen LogP contribution in [0.2, 0.25) is 5.02 Å². The van der Waals surface area contributed by atoms with Crippen LogP contribution in [0.3, 0.4) is 0 Å². The van der Waals surface area contributed by atoms with Crippen LogP contribution in [0.1, 0.15) is 5.56 Å². The van der Waals surface area contributed by atoms with Crippen molar-refractivity contribution >= 4 is 23.1 Å². The summed E-state index contributed by atoms with van der Waals surface area (Å²) in [5, 5.41) is 4.49. The van der Waals surface area contributed by atoms with Gasteiger partial charge in [0.25, 0.3) is 5.56 Å². The molecule has 8 nitrogen and oxygen atoms in total. The first-order valence-corrected chi connectivity index (χ1v) is 9.91.